The van der Waals surface area contributed by atoms with E-state index in [1.165, 1.54) is 16.5 Å². The number of terminal acetylenes is 1. The Morgan fingerprint density at radius 3 is 2.93 bits per heavy atom. The summed E-state index contributed by atoms with van der Waals surface area (Å²) in [6.07, 6.45) is 9.76. The summed E-state index contributed by atoms with van der Waals surface area (Å²) >= 11 is 0. The maximum absolute atomic E-state index is 5.57. The zero-order valence-electron chi connectivity index (χ0n) is 8.96. The molecule has 1 heteroatoms. The molecule has 1 nitrogen and oxygen atoms in total. The molecule has 0 bridgehead atoms. The van der Waals surface area contributed by atoms with Gasteiger partial charge >= 0.3 is 0 Å². The molecule has 1 aromatic carbocycles. The van der Waals surface area contributed by atoms with Crippen LogP contribution in [0.3, 0.4) is 0 Å². The summed E-state index contributed by atoms with van der Waals surface area (Å²) in [5, 5.41) is 2.50. The Kier molecular flexibility index (Phi) is 2.78. The second kappa shape index (κ2) is 4.23. The summed E-state index contributed by atoms with van der Waals surface area (Å²) in [7, 11) is 0. The molecule has 76 valence electrons. The Hall–Kier alpha value is -1.68. The van der Waals surface area contributed by atoms with Crippen molar-refractivity contribution in [3.05, 3.63) is 36.2 Å². The topological polar surface area (TPSA) is 15.8 Å². The van der Waals surface area contributed by atoms with E-state index in [0.717, 1.165) is 12.8 Å². The van der Waals surface area contributed by atoms with E-state index in [1.807, 2.05) is 12.3 Å². The average molecular weight is 197 g/mol. The molecule has 1 N–H and O–H groups in total. The molecule has 0 saturated carbocycles. The van der Waals surface area contributed by atoms with E-state index in [-0.39, 0.29) is 5.92 Å². The second-order valence-corrected chi connectivity index (χ2v) is 3.80. The highest BCUT2D eigenvalue weighted by Crippen LogP contribution is 2.27. The first-order valence-electron chi connectivity index (χ1n) is 5.39. The number of H-pyrrole nitrogens is 1. The summed E-state index contributed by atoms with van der Waals surface area (Å²) in [6, 6.07) is 8.33. The van der Waals surface area contributed by atoms with Gasteiger partial charge in [0.25, 0.3) is 0 Å². The van der Waals surface area contributed by atoms with Crippen molar-refractivity contribution in [2.45, 2.75) is 25.7 Å². The highest BCUT2D eigenvalue weighted by atomic mass is 14.7. The molecule has 15 heavy (non-hydrogen) atoms. The number of fused-ring (bicyclic) bond motifs is 1. The van der Waals surface area contributed by atoms with Crippen LogP contribution >= 0.6 is 0 Å². The van der Waals surface area contributed by atoms with Gasteiger partial charge < -0.3 is 4.98 Å². The number of aromatic amines is 1. The van der Waals surface area contributed by atoms with Gasteiger partial charge in [0.05, 0.1) is 5.92 Å². The summed E-state index contributed by atoms with van der Waals surface area (Å²) in [5.74, 6) is 3.08. The highest BCUT2D eigenvalue weighted by Gasteiger charge is 2.11. The van der Waals surface area contributed by atoms with Gasteiger partial charge in [0.15, 0.2) is 0 Å². The number of hydrogen-bond donors (Lipinski definition) is 1. The van der Waals surface area contributed by atoms with E-state index in [0.29, 0.717) is 0 Å². The fraction of sp³-hybridized carbons (Fsp3) is 0.286. The van der Waals surface area contributed by atoms with Crippen molar-refractivity contribution >= 4 is 10.8 Å². The largest absolute Gasteiger partial charge is 0.363 e. The number of hydrogen-bond acceptors (Lipinski definition) is 0. The summed E-state index contributed by atoms with van der Waals surface area (Å²) in [4.78, 5) is 3.31. The Bertz CT molecular complexity index is 487. The average Bonchev–Trinajstić information content (AvgIpc) is 2.70. The van der Waals surface area contributed by atoms with Crippen LogP contribution in [0.4, 0.5) is 0 Å². The first-order chi connectivity index (χ1) is 7.36. The third-order valence-electron chi connectivity index (χ3n) is 2.76. The van der Waals surface area contributed by atoms with Gasteiger partial charge in [-0.05, 0) is 11.8 Å². The maximum atomic E-state index is 5.57. The molecule has 1 atom stereocenters. The van der Waals surface area contributed by atoms with Crippen LogP contribution in [-0.2, 0) is 0 Å². The van der Waals surface area contributed by atoms with Crippen LogP contribution in [0, 0.1) is 12.3 Å². The molecule has 0 radical (unpaired) electrons. The molecule has 0 fully saturated rings. The van der Waals surface area contributed by atoms with E-state index in [9.17, 15) is 0 Å². The predicted octanol–water partition coefficient (Wildman–Crippen LogP) is 3.68. The molecule has 1 aromatic heterocycles. The maximum Gasteiger partial charge on any atom is 0.0606 e. The van der Waals surface area contributed by atoms with Crippen molar-refractivity contribution < 1.29 is 0 Å². The Balaban J connectivity index is 2.47. The smallest absolute Gasteiger partial charge is 0.0606 e. The van der Waals surface area contributed by atoms with E-state index in [1.54, 1.807) is 0 Å². The van der Waals surface area contributed by atoms with Crippen LogP contribution in [-0.4, -0.2) is 4.98 Å². The Morgan fingerprint density at radius 1 is 1.40 bits per heavy atom. The first-order valence-corrected chi connectivity index (χ1v) is 5.39. The van der Waals surface area contributed by atoms with Gasteiger partial charge in [0.2, 0.25) is 0 Å². The monoisotopic (exact) mass is 197 g/mol. The molecule has 2 aromatic rings. The zero-order chi connectivity index (χ0) is 10.7. The molecule has 2 rings (SSSR count). The van der Waals surface area contributed by atoms with E-state index < -0.39 is 0 Å². The van der Waals surface area contributed by atoms with E-state index >= 15 is 0 Å². The van der Waals surface area contributed by atoms with Crippen molar-refractivity contribution in [2.75, 3.05) is 0 Å². The van der Waals surface area contributed by atoms with Crippen molar-refractivity contribution in [2.24, 2.45) is 0 Å². The molecule has 1 unspecified atom stereocenters. The number of rotatable bonds is 3. The van der Waals surface area contributed by atoms with E-state index in [2.05, 4.69) is 36.0 Å². The fourth-order valence-electron chi connectivity index (χ4n) is 1.99. The minimum atomic E-state index is 0.217. The number of aromatic nitrogens is 1. The Morgan fingerprint density at radius 2 is 2.20 bits per heavy atom. The van der Waals surface area contributed by atoms with Gasteiger partial charge in [-0.1, -0.05) is 43.5 Å². The SMILES string of the molecule is C#CC(CCC)c1[nH]cc2ccccc12. The minimum Gasteiger partial charge on any atom is -0.363 e. The standard InChI is InChI=1S/C14H15N/c1-3-7-11(4-2)14-13-9-6-5-8-12(13)10-15-14/h2,5-6,8-11,15H,3,7H2,1H3. The van der Waals surface area contributed by atoms with Crippen molar-refractivity contribution in [3.63, 3.8) is 0 Å². The van der Waals surface area contributed by atoms with Crippen molar-refractivity contribution in [1.82, 2.24) is 4.98 Å². The minimum absolute atomic E-state index is 0.217. The highest BCUT2D eigenvalue weighted by molar-refractivity contribution is 5.85. The lowest BCUT2D eigenvalue weighted by Gasteiger charge is -2.07. The Labute approximate surface area is 90.5 Å². The second-order valence-electron chi connectivity index (χ2n) is 3.80. The molecule has 0 aliphatic rings. The van der Waals surface area contributed by atoms with Gasteiger partial charge in [-0.3, -0.25) is 0 Å². The van der Waals surface area contributed by atoms with Crippen LogP contribution in [0.1, 0.15) is 31.4 Å². The molecule has 0 saturated heterocycles. The van der Waals surface area contributed by atoms with Crippen LogP contribution in [0.5, 0.6) is 0 Å². The summed E-state index contributed by atoms with van der Waals surface area (Å²) < 4.78 is 0. The third kappa shape index (κ3) is 1.76. The molecule has 0 aliphatic heterocycles. The van der Waals surface area contributed by atoms with Crippen LogP contribution in [0.25, 0.3) is 10.8 Å². The molecule has 1 heterocycles. The van der Waals surface area contributed by atoms with Crippen molar-refractivity contribution in [1.29, 1.82) is 0 Å². The van der Waals surface area contributed by atoms with Gasteiger partial charge in [-0.15, -0.1) is 6.42 Å². The quantitative estimate of drug-likeness (QED) is 0.722. The lowest BCUT2D eigenvalue weighted by molar-refractivity contribution is 0.724. The lowest BCUT2D eigenvalue weighted by Crippen LogP contribution is -1.95. The van der Waals surface area contributed by atoms with Crippen LogP contribution < -0.4 is 0 Å². The first kappa shape index (κ1) is 9.86. The molecule has 0 amide bonds. The third-order valence-corrected chi connectivity index (χ3v) is 2.76. The molecule has 0 spiro atoms. The lowest BCUT2D eigenvalue weighted by atomic mass is 9.98. The molecule has 0 aliphatic carbocycles. The van der Waals surface area contributed by atoms with E-state index in [4.69, 9.17) is 6.42 Å². The normalized spacial score (nSPS) is 12.5. The van der Waals surface area contributed by atoms with Crippen LogP contribution in [0.15, 0.2) is 30.5 Å². The van der Waals surface area contributed by atoms with Gasteiger partial charge in [0.1, 0.15) is 0 Å². The van der Waals surface area contributed by atoms with Crippen LogP contribution in [0.2, 0.25) is 0 Å². The van der Waals surface area contributed by atoms with Gasteiger partial charge in [-0.2, -0.15) is 0 Å². The molecular weight excluding hydrogens is 182 g/mol. The van der Waals surface area contributed by atoms with Crippen molar-refractivity contribution in [3.8, 4) is 12.3 Å². The van der Waals surface area contributed by atoms with Gasteiger partial charge in [-0.25, -0.2) is 0 Å². The number of benzene rings is 1. The fourth-order valence-corrected chi connectivity index (χ4v) is 1.99. The molecular formula is C14H15N. The number of nitrogens with one attached hydrogen (secondary N) is 1. The summed E-state index contributed by atoms with van der Waals surface area (Å²) in [5.41, 5.74) is 1.19. The predicted molar refractivity (Wildman–Crippen MR) is 64.8 cm³/mol. The summed E-state index contributed by atoms with van der Waals surface area (Å²) in [6.45, 7) is 2.16. The van der Waals surface area contributed by atoms with Gasteiger partial charge in [0, 0.05) is 17.3 Å². The zero-order valence-corrected chi connectivity index (χ0v) is 8.96.